The summed E-state index contributed by atoms with van der Waals surface area (Å²) in [4.78, 5) is 2.76. The predicted octanol–water partition coefficient (Wildman–Crippen LogP) is 3.69. The quantitative estimate of drug-likeness (QED) is 0.782. The van der Waals surface area contributed by atoms with Crippen molar-refractivity contribution in [2.24, 2.45) is 11.1 Å². The lowest BCUT2D eigenvalue weighted by Gasteiger charge is -2.45. The van der Waals surface area contributed by atoms with Crippen molar-refractivity contribution in [3.05, 3.63) is 0 Å². The Hall–Kier alpha value is -0.0800. The number of hydrogen-bond acceptors (Lipinski definition) is 2. The minimum Gasteiger partial charge on any atom is -0.326 e. The van der Waals surface area contributed by atoms with Gasteiger partial charge in [0.15, 0.2) is 0 Å². The summed E-state index contributed by atoms with van der Waals surface area (Å²) in [5.74, 6) is 0. The minimum absolute atomic E-state index is 0.443. The molecule has 2 atom stereocenters. The van der Waals surface area contributed by atoms with E-state index >= 15 is 0 Å². The second-order valence-corrected chi connectivity index (χ2v) is 7.47. The van der Waals surface area contributed by atoms with Gasteiger partial charge in [-0.05, 0) is 57.0 Å². The molecule has 0 aromatic rings. The monoisotopic (exact) mass is 264 g/mol. The van der Waals surface area contributed by atoms with Crippen LogP contribution in [-0.4, -0.2) is 30.1 Å². The van der Waals surface area contributed by atoms with Crippen LogP contribution < -0.4 is 5.73 Å². The van der Waals surface area contributed by atoms with Gasteiger partial charge in [0.25, 0.3) is 0 Å². The van der Waals surface area contributed by atoms with Gasteiger partial charge in [0.2, 0.25) is 0 Å². The summed E-state index contributed by atoms with van der Waals surface area (Å²) in [7, 11) is 0. The van der Waals surface area contributed by atoms with E-state index in [1.165, 1.54) is 90.1 Å². The molecule has 0 bridgehead atoms. The van der Waals surface area contributed by atoms with Crippen molar-refractivity contribution in [3.63, 3.8) is 0 Å². The van der Waals surface area contributed by atoms with Gasteiger partial charge in [-0.3, -0.25) is 4.90 Å². The fourth-order valence-corrected chi connectivity index (χ4v) is 4.90. The van der Waals surface area contributed by atoms with Gasteiger partial charge < -0.3 is 5.73 Å². The molecular weight excluding hydrogens is 232 g/mol. The van der Waals surface area contributed by atoms with Crippen molar-refractivity contribution >= 4 is 0 Å². The van der Waals surface area contributed by atoms with Gasteiger partial charge in [-0.1, -0.05) is 38.5 Å². The largest absolute Gasteiger partial charge is 0.326 e. The van der Waals surface area contributed by atoms with Crippen molar-refractivity contribution < 1.29 is 0 Å². The molecular formula is C17H32N2. The summed E-state index contributed by atoms with van der Waals surface area (Å²) in [6, 6.07) is 1.14. The molecule has 1 spiro atoms. The van der Waals surface area contributed by atoms with Crippen LogP contribution in [0.15, 0.2) is 0 Å². The molecule has 3 fully saturated rings. The Morgan fingerprint density at radius 3 is 2.05 bits per heavy atom. The molecule has 19 heavy (non-hydrogen) atoms. The summed E-state index contributed by atoms with van der Waals surface area (Å²) < 4.78 is 0. The van der Waals surface area contributed by atoms with Gasteiger partial charge in [-0.2, -0.15) is 0 Å². The van der Waals surface area contributed by atoms with Gasteiger partial charge in [0.05, 0.1) is 0 Å². The van der Waals surface area contributed by atoms with Crippen LogP contribution in [0.25, 0.3) is 0 Å². The average Bonchev–Trinajstić information content (AvgIpc) is 2.85. The third kappa shape index (κ3) is 3.16. The maximum absolute atomic E-state index is 6.48. The van der Waals surface area contributed by atoms with Gasteiger partial charge >= 0.3 is 0 Å². The summed E-state index contributed by atoms with van der Waals surface area (Å²) in [6.45, 7) is 2.66. The number of likely N-dealkylation sites (tertiary alicyclic amines) is 1. The van der Waals surface area contributed by atoms with E-state index < -0.39 is 0 Å². The first-order valence-corrected chi connectivity index (χ1v) is 8.79. The fraction of sp³-hybridized carbons (Fsp3) is 1.00. The lowest BCUT2D eigenvalue weighted by molar-refractivity contribution is 0.0581. The maximum Gasteiger partial charge on any atom is 0.0247 e. The van der Waals surface area contributed by atoms with Gasteiger partial charge in [-0.15, -0.1) is 0 Å². The van der Waals surface area contributed by atoms with Crippen LogP contribution in [0.3, 0.4) is 0 Å². The van der Waals surface area contributed by atoms with E-state index in [9.17, 15) is 0 Å². The number of piperidine rings is 1. The molecule has 2 N–H and O–H groups in total. The van der Waals surface area contributed by atoms with E-state index in [1.54, 1.807) is 0 Å². The number of nitrogens with zero attached hydrogens (tertiary/aromatic N) is 1. The van der Waals surface area contributed by atoms with Crippen molar-refractivity contribution in [3.8, 4) is 0 Å². The van der Waals surface area contributed by atoms with E-state index in [0.717, 1.165) is 5.41 Å². The minimum atomic E-state index is 0.443. The highest BCUT2D eigenvalue weighted by atomic mass is 15.2. The first-order chi connectivity index (χ1) is 9.29. The summed E-state index contributed by atoms with van der Waals surface area (Å²) in [5.41, 5.74) is 7.23. The lowest BCUT2D eigenvalue weighted by Crippen LogP contribution is -2.52. The molecule has 3 rings (SSSR count). The molecule has 110 valence electrons. The molecule has 1 saturated heterocycles. The lowest BCUT2D eigenvalue weighted by atomic mass is 9.76. The third-order valence-electron chi connectivity index (χ3n) is 6.27. The number of hydrogen-bond donors (Lipinski definition) is 1. The van der Waals surface area contributed by atoms with E-state index in [1.807, 2.05) is 0 Å². The second kappa shape index (κ2) is 6.13. The molecule has 2 unspecified atom stereocenters. The second-order valence-electron chi connectivity index (χ2n) is 7.47. The van der Waals surface area contributed by atoms with E-state index in [0.29, 0.717) is 12.1 Å². The van der Waals surface area contributed by atoms with Gasteiger partial charge in [0, 0.05) is 12.1 Å². The van der Waals surface area contributed by atoms with Gasteiger partial charge in [0.1, 0.15) is 0 Å². The van der Waals surface area contributed by atoms with Crippen LogP contribution in [0, 0.1) is 5.41 Å². The van der Waals surface area contributed by atoms with Gasteiger partial charge in [-0.25, -0.2) is 0 Å². The molecule has 1 aliphatic heterocycles. The molecule has 3 aliphatic rings. The first kappa shape index (κ1) is 13.9. The smallest absolute Gasteiger partial charge is 0.0247 e. The summed E-state index contributed by atoms with van der Waals surface area (Å²) in [5, 5.41) is 0. The Morgan fingerprint density at radius 2 is 1.37 bits per heavy atom. The molecule has 0 amide bonds. The highest BCUT2D eigenvalue weighted by Crippen LogP contribution is 2.46. The summed E-state index contributed by atoms with van der Waals surface area (Å²) in [6.07, 6.45) is 17.1. The van der Waals surface area contributed by atoms with Crippen LogP contribution in [0.5, 0.6) is 0 Å². The van der Waals surface area contributed by atoms with E-state index in [-0.39, 0.29) is 0 Å². The number of rotatable bonds is 1. The Bertz CT molecular complexity index is 273. The fourth-order valence-electron chi connectivity index (χ4n) is 4.90. The van der Waals surface area contributed by atoms with Crippen molar-refractivity contribution in [2.45, 2.75) is 89.1 Å². The molecule has 2 aliphatic carbocycles. The highest BCUT2D eigenvalue weighted by Gasteiger charge is 2.39. The van der Waals surface area contributed by atoms with Crippen LogP contribution in [0.1, 0.15) is 77.0 Å². The van der Waals surface area contributed by atoms with Crippen LogP contribution in [0.2, 0.25) is 0 Å². The molecule has 0 radical (unpaired) electrons. The average molecular weight is 264 g/mol. The van der Waals surface area contributed by atoms with E-state index in [2.05, 4.69) is 4.90 Å². The van der Waals surface area contributed by atoms with Crippen molar-refractivity contribution in [1.29, 1.82) is 0 Å². The molecule has 0 aromatic heterocycles. The zero-order chi connectivity index (χ0) is 13.1. The zero-order valence-corrected chi connectivity index (χ0v) is 12.6. The first-order valence-electron chi connectivity index (χ1n) is 8.79. The molecule has 2 heteroatoms. The standard InChI is InChI=1S/C17H32N2/c18-15-7-3-1-2-4-8-16(15)19-13-11-17(12-14-19)9-5-6-10-17/h15-16H,1-14,18H2. The van der Waals surface area contributed by atoms with Crippen molar-refractivity contribution in [1.82, 2.24) is 4.90 Å². The Morgan fingerprint density at radius 1 is 0.737 bits per heavy atom. The van der Waals surface area contributed by atoms with Crippen LogP contribution in [0.4, 0.5) is 0 Å². The topological polar surface area (TPSA) is 29.3 Å². The molecule has 2 nitrogen and oxygen atoms in total. The number of nitrogens with two attached hydrogens (primary N) is 1. The van der Waals surface area contributed by atoms with E-state index in [4.69, 9.17) is 5.73 Å². The van der Waals surface area contributed by atoms with Crippen LogP contribution in [-0.2, 0) is 0 Å². The van der Waals surface area contributed by atoms with Crippen LogP contribution >= 0.6 is 0 Å². The third-order valence-corrected chi connectivity index (χ3v) is 6.27. The molecule has 2 saturated carbocycles. The Balaban J connectivity index is 1.56. The maximum atomic E-state index is 6.48. The SMILES string of the molecule is NC1CCCCCCC1N1CCC2(CCCC2)CC1. The normalized spacial score (nSPS) is 37.1. The highest BCUT2D eigenvalue weighted by molar-refractivity contribution is 4.93. The molecule has 1 heterocycles. The summed E-state index contributed by atoms with van der Waals surface area (Å²) >= 11 is 0. The predicted molar refractivity (Wildman–Crippen MR) is 81.2 cm³/mol. The van der Waals surface area contributed by atoms with Crippen molar-refractivity contribution in [2.75, 3.05) is 13.1 Å². The molecule has 0 aromatic carbocycles. The zero-order valence-electron chi connectivity index (χ0n) is 12.6. The Kier molecular flexibility index (Phi) is 4.48. The Labute approximate surface area is 119 Å².